The molecule has 2 aliphatic heterocycles. The molecule has 0 aliphatic carbocycles. The molecule has 2 aliphatic rings. The van der Waals surface area contributed by atoms with Gasteiger partial charge >= 0.3 is 0 Å². The molecule has 1 amide bonds. The SMILES string of the molecule is CCOc1cc(C(=O)N2CC[C@@H]3CNC[C@@H]3CC2)ccc1C. The van der Waals surface area contributed by atoms with Crippen molar-refractivity contribution in [1.82, 2.24) is 10.2 Å². The van der Waals surface area contributed by atoms with Gasteiger partial charge in [-0.1, -0.05) is 6.07 Å². The summed E-state index contributed by atoms with van der Waals surface area (Å²) in [5, 5.41) is 3.48. The molecule has 0 spiro atoms. The highest BCUT2D eigenvalue weighted by atomic mass is 16.5. The second kappa shape index (κ2) is 6.69. The molecular weight excluding hydrogens is 276 g/mol. The first-order valence-electron chi connectivity index (χ1n) is 8.42. The zero-order chi connectivity index (χ0) is 15.5. The lowest BCUT2D eigenvalue weighted by molar-refractivity contribution is 0.0758. The van der Waals surface area contributed by atoms with E-state index in [9.17, 15) is 4.79 Å². The number of rotatable bonds is 3. The monoisotopic (exact) mass is 302 g/mol. The number of aryl methyl sites for hydroxylation is 1. The molecule has 2 heterocycles. The average molecular weight is 302 g/mol. The van der Waals surface area contributed by atoms with Gasteiger partial charge in [0.1, 0.15) is 5.75 Å². The lowest BCUT2D eigenvalue weighted by atomic mass is 9.92. The van der Waals surface area contributed by atoms with E-state index in [4.69, 9.17) is 4.74 Å². The Labute approximate surface area is 132 Å². The molecular formula is C18H26N2O2. The molecule has 0 radical (unpaired) electrons. The summed E-state index contributed by atoms with van der Waals surface area (Å²) in [6, 6.07) is 5.80. The molecule has 1 N–H and O–H groups in total. The third-order valence-corrected chi connectivity index (χ3v) is 5.04. The fraction of sp³-hybridized carbons (Fsp3) is 0.611. The molecule has 2 atom stereocenters. The van der Waals surface area contributed by atoms with Crippen LogP contribution in [0.1, 0.15) is 35.7 Å². The number of benzene rings is 1. The fourth-order valence-electron chi connectivity index (χ4n) is 3.65. The Bertz CT molecular complexity index is 530. The summed E-state index contributed by atoms with van der Waals surface area (Å²) in [6.07, 6.45) is 2.24. The summed E-state index contributed by atoms with van der Waals surface area (Å²) in [5.41, 5.74) is 1.83. The molecule has 3 rings (SSSR count). The maximum Gasteiger partial charge on any atom is 0.253 e. The number of likely N-dealkylation sites (tertiary alicyclic amines) is 1. The van der Waals surface area contributed by atoms with Crippen molar-refractivity contribution in [3.05, 3.63) is 29.3 Å². The summed E-state index contributed by atoms with van der Waals surface area (Å²) in [4.78, 5) is 14.8. The minimum absolute atomic E-state index is 0.147. The van der Waals surface area contributed by atoms with Crippen LogP contribution in [-0.4, -0.2) is 43.6 Å². The van der Waals surface area contributed by atoms with Crippen LogP contribution in [0.5, 0.6) is 5.75 Å². The average Bonchev–Trinajstić information content (AvgIpc) is 2.88. The van der Waals surface area contributed by atoms with Crippen molar-refractivity contribution in [3.63, 3.8) is 0 Å². The molecule has 2 fully saturated rings. The number of nitrogens with zero attached hydrogens (tertiary/aromatic N) is 1. The first-order valence-corrected chi connectivity index (χ1v) is 8.42. The summed E-state index contributed by atoms with van der Waals surface area (Å²) in [5.74, 6) is 2.46. The molecule has 22 heavy (non-hydrogen) atoms. The maximum atomic E-state index is 12.8. The highest BCUT2D eigenvalue weighted by molar-refractivity contribution is 5.94. The van der Waals surface area contributed by atoms with Crippen LogP contribution >= 0.6 is 0 Å². The minimum atomic E-state index is 0.147. The van der Waals surface area contributed by atoms with Crippen molar-refractivity contribution in [2.45, 2.75) is 26.7 Å². The van der Waals surface area contributed by atoms with Crippen molar-refractivity contribution < 1.29 is 9.53 Å². The summed E-state index contributed by atoms with van der Waals surface area (Å²) in [6.45, 7) is 8.59. The van der Waals surface area contributed by atoms with Crippen LogP contribution in [0.15, 0.2) is 18.2 Å². The number of hydrogen-bond donors (Lipinski definition) is 1. The van der Waals surface area contributed by atoms with E-state index in [0.717, 1.165) is 67.7 Å². The van der Waals surface area contributed by atoms with Crippen LogP contribution < -0.4 is 10.1 Å². The van der Waals surface area contributed by atoms with Crippen LogP contribution in [0.25, 0.3) is 0 Å². The number of carbonyl (C=O) groups is 1. The van der Waals surface area contributed by atoms with Crippen LogP contribution in [-0.2, 0) is 0 Å². The minimum Gasteiger partial charge on any atom is -0.494 e. The highest BCUT2D eigenvalue weighted by Gasteiger charge is 2.31. The topological polar surface area (TPSA) is 41.6 Å². The van der Waals surface area contributed by atoms with Gasteiger partial charge in [0.05, 0.1) is 6.61 Å². The summed E-state index contributed by atoms with van der Waals surface area (Å²) < 4.78 is 5.62. The Kier molecular flexibility index (Phi) is 4.67. The zero-order valence-corrected chi connectivity index (χ0v) is 13.6. The maximum absolute atomic E-state index is 12.8. The molecule has 2 saturated heterocycles. The van der Waals surface area contributed by atoms with Gasteiger partial charge in [-0.05, 0) is 69.3 Å². The number of hydrogen-bond acceptors (Lipinski definition) is 3. The normalized spacial score (nSPS) is 24.7. The van der Waals surface area contributed by atoms with Crippen LogP contribution in [0.4, 0.5) is 0 Å². The van der Waals surface area contributed by atoms with Crippen molar-refractivity contribution in [3.8, 4) is 5.75 Å². The van der Waals surface area contributed by atoms with Gasteiger partial charge in [-0.2, -0.15) is 0 Å². The first-order chi connectivity index (χ1) is 10.7. The lowest BCUT2D eigenvalue weighted by Crippen LogP contribution is -2.32. The van der Waals surface area contributed by atoms with E-state index in [-0.39, 0.29) is 5.91 Å². The number of nitrogens with one attached hydrogen (secondary N) is 1. The first kappa shape index (κ1) is 15.3. The summed E-state index contributed by atoms with van der Waals surface area (Å²) in [7, 11) is 0. The van der Waals surface area contributed by atoms with E-state index in [1.165, 1.54) is 0 Å². The van der Waals surface area contributed by atoms with Gasteiger partial charge in [0.15, 0.2) is 0 Å². The Balaban J connectivity index is 1.72. The van der Waals surface area contributed by atoms with Gasteiger partial charge in [-0.3, -0.25) is 4.79 Å². The molecule has 4 heteroatoms. The van der Waals surface area contributed by atoms with Gasteiger partial charge < -0.3 is 15.0 Å². The Hall–Kier alpha value is -1.55. The third kappa shape index (κ3) is 3.12. The smallest absolute Gasteiger partial charge is 0.253 e. The molecule has 0 aromatic heterocycles. The van der Waals surface area contributed by atoms with Gasteiger partial charge in [-0.15, -0.1) is 0 Å². The lowest BCUT2D eigenvalue weighted by Gasteiger charge is -2.21. The van der Waals surface area contributed by atoms with E-state index in [1.54, 1.807) is 0 Å². The van der Waals surface area contributed by atoms with Crippen molar-refractivity contribution in [2.24, 2.45) is 11.8 Å². The predicted octanol–water partition coefficient (Wildman–Crippen LogP) is 2.47. The quantitative estimate of drug-likeness (QED) is 0.932. The molecule has 1 aromatic rings. The Morgan fingerprint density at radius 2 is 1.95 bits per heavy atom. The predicted molar refractivity (Wildman–Crippen MR) is 87.3 cm³/mol. The van der Waals surface area contributed by atoms with Crippen molar-refractivity contribution >= 4 is 5.91 Å². The zero-order valence-electron chi connectivity index (χ0n) is 13.6. The van der Waals surface area contributed by atoms with Gasteiger partial charge in [0, 0.05) is 18.7 Å². The van der Waals surface area contributed by atoms with Crippen LogP contribution in [0, 0.1) is 18.8 Å². The van der Waals surface area contributed by atoms with Crippen molar-refractivity contribution in [2.75, 3.05) is 32.8 Å². The molecule has 1 aromatic carbocycles. The van der Waals surface area contributed by atoms with E-state index in [1.807, 2.05) is 36.9 Å². The van der Waals surface area contributed by atoms with E-state index < -0.39 is 0 Å². The second-order valence-corrected chi connectivity index (χ2v) is 6.46. The van der Waals surface area contributed by atoms with E-state index >= 15 is 0 Å². The summed E-state index contributed by atoms with van der Waals surface area (Å²) >= 11 is 0. The fourth-order valence-corrected chi connectivity index (χ4v) is 3.65. The van der Waals surface area contributed by atoms with E-state index in [2.05, 4.69) is 5.32 Å². The van der Waals surface area contributed by atoms with Gasteiger partial charge in [0.25, 0.3) is 5.91 Å². The van der Waals surface area contributed by atoms with E-state index in [0.29, 0.717) is 6.61 Å². The largest absolute Gasteiger partial charge is 0.494 e. The number of fused-ring (bicyclic) bond motifs is 1. The molecule has 120 valence electrons. The molecule has 0 saturated carbocycles. The van der Waals surface area contributed by atoms with Gasteiger partial charge in [-0.25, -0.2) is 0 Å². The number of ether oxygens (including phenoxy) is 1. The highest BCUT2D eigenvalue weighted by Crippen LogP contribution is 2.28. The second-order valence-electron chi connectivity index (χ2n) is 6.46. The van der Waals surface area contributed by atoms with Crippen LogP contribution in [0.3, 0.4) is 0 Å². The number of amides is 1. The van der Waals surface area contributed by atoms with Crippen molar-refractivity contribution in [1.29, 1.82) is 0 Å². The number of carbonyl (C=O) groups excluding carboxylic acids is 1. The molecule has 0 bridgehead atoms. The molecule has 0 unspecified atom stereocenters. The molecule has 4 nitrogen and oxygen atoms in total. The Morgan fingerprint density at radius 1 is 1.27 bits per heavy atom. The van der Waals surface area contributed by atoms with Crippen LogP contribution in [0.2, 0.25) is 0 Å². The Morgan fingerprint density at radius 3 is 2.59 bits per heavy atom. The standard InChI is InChI=1S/C18H26N2O2/c1-3-22-17-10-14(5-4-13(17)2)18(21)20-8-6-15-11-19-12-16(15)7-9-20/h4-5,10,15-16,19H,3,6-9,11-12H2,1-2H3/t15-,16+. The third-order valence-electron chi connectivity index (χ3n) is 5.04. The van der Waals surface area contributed by atoms with Gasteiger partial charge in [0.2, 0.25) is 0 Å².